The van der Waals surface area contributed by atoms with Gasteiger partial charge < -0.3 is 0 Å². The van der Waals surface area contributed by atoms with Crippen LogP contribution >= 0.6 is 0 Å². The van der Waals surface area contributed by atoms with Gasteiger partial charge in [-0.15, -0.1) is 0 Å². The molecule has 1 rings (SSSR count). The van der Waals surface area contributed by atoms with Crippen LogP contribution in [0.5, 0.6) is 0 Å². The normalized spacial score (nSPS) is 31.4. The number of hydrogen-bond acceptors (Lipinski definition) is 10. The molecule has 0 aromatic carbocycles. The Morgan fingerprint density at radius 2 is 1.86 bits per heavy atom. The molecular formula is C10H21AsO10S. The topological polar surface area (TPSA) is 160 Å². The molecule has 0 spiro atoms. The first-order valence-electron chi connectivity index (χ1n) is 6.36. The number of ether oxygens (including phenoxy) is 2. The number of aliphatic hydroxyl groups excluding tert-OH is 3. The zero-order valence-corrected chi connectivity index (χ0v) is 14.8. The Morgan fingerprint density at radius 3 is 2.36 bits per heavy atom. The summed E-state index contributed by atoms with van der Waals surface area (Å²) in [4.78, 5) is 0. The Bertz CT molecular complexity index is 502. The van der Waals surface area contributed by atoms with Gasteiger partial charge in [-0.2, -0.15) is 0 Å². The maximum atomic E-state index is 11.8. The van der Waals surface area contributed by atoms with Crippen molar-refractivity contribution in [1.82, 2.24) is 0 Å². The van der Waals surface area contributed by atoms with Gasteiger partial charge in [-0.3, -0.25) is 0 Å². The van der Waals surface area contributed by atoms with Crippen molar-refractivity contribution in [3.63, 3.8) is 0 Å². The van der Waals surface area contributed by atoms with Gasteiger partial charge in [-0.25, -0.2) is 0 Å². The van der Waals surface area contributed by atoms with Gasteiger partial charge in [0, 0.05) is 0 Å². The van der Waals surface area contributed by atoms with Crippen LogP contribution in [0, 0.1) is 0 Å². The minimum atomic E-state index is -4.29. The second-order valence-corrected chi connectivity index (χ2v) is 14.5. The van der Waals surface area contributed by atoms with Gasteiger partial charge in [0.1, 0.15) is 0 Å². The Morgan fingerprint density at radius 1 is 1.27 bits per heavy atom. The molecule has 4 N–H and O–H groups in total. The van der Waals surface area contributed by atoms with Gasteiger partial charge in [0.15, 0.2) is 0 Å². The molecule has 12 heteroatoms. The molecule has 0 aliphatic carbocycles. The fourth-order valence-corrected chi connectivity index (χ4v) is 5.04. The van der Waals surface area contributed by atoms with Gasteiger partial charge in [-0.1, -0.05) is 0 Å². The van der Waals surface area contributed by atoms with Crippen LogP contribution in [-0.2, 0) is 27.7 Å². The monoisotopic (exact) mass is 408 g/mol. The van der Waals surface area contributed by atoms with Crippen molar-refractivity contribution in [2.75, 3.05) is 12.4 Å². The average Bonchev–Trinajstić information content (AvgIpc) is 2.62. The van der Waals surface area contributed by atoms with E-state index in [4.69, 9.17) is 14.7 Å². The Hall–Kier alpha value is 0.0284. The first-order valence-corrected chi connectivity index (χ1v) is 13.8. The van der Waals surface area contributed by atoms with E-state index in [1.165, 1.54) is 0 Å². The summed E-state index contributed by atoms with van der Waals surface area (Å²) in [6.45, 7) is -0.537. The van der Waals surface area contributed by atoms with E-state index in [0.29, 0.717) is 0 Å². The van der Waals surface area contributed by atoms with Crippen molar-refractivity contribution in [1.29, 1.82) is 0 Å². The van der Waals surface area contributed by atoms with Crippen LogP contribution in [0.3, 0.4) is 0 Å². The van der Waals surface area contributed by atoms with Gasteiger partial charge in [0.25, 0.3) is 0 Å². The SMILES string of the molecule is C[As](C)(=O)C[C@H]1O[C@@H](OCC(O)CS(=O)(=O)OO)[C@H](O)[C@@H]1O. The zero-order chi connectivity index (χ0) is 17.1. The molecule has 1 aliphatic rings. The van der Waals surface area contributed by atoms with Crippen LogP contribution in [-0.4, -0.2) is 85.6 Å². The first-order chi connectivity index (χ1) is 9.95. The summed E-state index contributed by atoms with van der Waals surface area (Å²) in [5.41, 5.74) is 3.14. The molecule has 0 aromatic rings. The van der Waals surface area contributed by atoms with Crippen molar-refractivity contribution < 1.29 is 46.5 Å². The number of aliphatic hydroxyl groups is 3. The molecule has 0 aromatic heterocycles. The van der Waals surface area contributed by atoms with Crippen LogP contribution in [0.1, 0.15) is 0 Å². The third-order valence-electron chi connectivity index (χ3n) is 2.90. The molecule has 10 nitrogen and oxygen atoms in total. The summed E-state index contributed by atoms with van der Waals surface area (Å²) in [6.07, 6.45) is -6.38. The second kappa shape index (κ2) is 7.73. The molecule has 22 heavy (non-hydrogen) atoms. The molecule has 1 aliphatic heterocycles. The van der Waals surface area contributed by atoms with Crippen molar-refractivity contribution in [2.24, 2.45) is 0 Å². The van der Waals surface area contributed by atoms with Crippen molar-refractivity contribution in [3.8, 4) is 0 Å². The molecule has 0 radical (unpaired) electrons. The van der Waals surface area contributed by atoms with E-state index in [1.807, 2.05) is 0 Å². The van der Waals surface area contributed by atoms with E-state index in [9.17, 15) is 27.5 Å². The Labute approximate surface area is 130 Å². The van der Waals surface area contributed by atoms with E-state index in [2.05, 4.69) is 4.33 Å². The standard InChI is InChI=1S/C10H21AsO10S/c1-11(2,15)3-7-8(13)9(14)10(20-7)19-4-6(12)5-22(17,18)21-16/h6-10,12-14,16H,3-5H2,1-2H3/t6?,7-,8-,9-,10-/m1/s1. The molecule has 5 atom stereocenters. The van der Waals surface area contributed by atoms with E-state index < -0.39 is 66.7 Å². The van der Waals surface area contributed by atoms with Gasteiger partial charge >= 0.3 is 130 Å². The van der Waals surface area contributed by atoms with Crippen LogP contribution in [0.2, 0.25) is 16.6 Å². The molecular weight excluding hydrogens is 387 g/mol. The molecule has 0 bridgehead atoms. The summed E-state index contributed by atoms with van der Waals surface area (Å²) >= 11 is -3.11. The van der Waals surface area contributed by atoms with Gasteiger partial charge in [0.2, 0.25) is 0 Å². The fraction of sp³-hybridized carbons (Fsp3) is 1.00. The quantitative estimate of drug-likeness (QED) is 0.206. The van der Waals surface area contributed by atoms with Gasteiger partial charge in [0.05, 0.1) is 0 Å². The van der Waals surface area contributed by atoms with Crippen LogP contribution < -0.4 is 0 Å². The van der Waals surface area contributed by atoms with Crippen LogP contribution in [0.25, 0.3) is 0 Å². The van der Waals surface area contributed by atoms with E-state index in [-0.39, 0.29) is 5.21 Å². The number of hydrogen-bond donors (Lipinski definition) is 4. The van der Waals surface area contributed by atoms with Crippen molar-refractivity contribution >= 4 is 23.6 Å². The van der Waals surface area contributed by atoms with E-state index in [1.54, 1.807) is 11.4 Å². The average molecular weight is 408 g/mol. The third kappa shape index (κ3) is 6.26. The fourth-order valence-electron chi connectivity index (χ4n) is 1.96. The van der Waals surface area contributed by atoms with Gasteiger partial charge in [-0.05, 0) is 0 Å². The van der Waals surface area contributed by atoms with Crippen LogP contribution in [0.15, 0.2) is 0 Å². The van der Waals surface area contributed by atoms with Crippen LogP contribution in [0.4, 0.5) is 0 Å². The summed E-state index contributed by atoms with van der Waals surface area (Å²) in [5.74, 6) is -0.916. The Kier molecular flexibility index (Phi) is 7.06. The maximum absolute atomic E-state index is 11.8. The predicted octanol–water partition coefficient (Wildman–Crippen LogP) is -1.73. The molecule has 0 saturated carbocycles. The molecule has 1 saturated heterocycles. The zero-order valence-electron chi connectivity index (χ0n) is 12.1. The molecule has 1 unspecified atom stereocenters. The third-order valence-corrected chi connectivity index (χ3v) is 6.52. The minimum absolute atomic E-state index is 0.103. The summed E-state index contributed by atoms with van der Waals surface area (Å²) in [6, 6.07) is 0. The summed E-state index contributed by atoms with van der Waals surface area (Å²) in [5, 5.41) is 37.2. The molecule has 1 heterocycles. The molecule has 0 amide bonds. The second-order valence-electron chi connectivity index (χ2n) is 5.57. The summed E-state index contributed by atoms with van der Waals surface area (Å²) in [7, 11) is -4.29. The van der Waals surface area contributed by atoms with Crippen molar-refractivity contribution in [3.05, 3.63) is 0 Å². The molecule has 1 fully saturated rings. The Balaban J connectivity index is 2.51. The number of rotatable bonds is 8. The van der Waals surface area contributed by atoms with Crippen molar-refractivity contribution in [2.45, 2.75) is 47.3 Å². The molecule has 132 valence electrons. The first kappa shape index (κ1) is 20.1. The van der Waals surface area contributed by atoms with E-state index in [0.717, 1.165) is 0 Å². The predicted molar refractivity (Wildman–Crippen MR) is 73.1 cm³/mol. The summed E-state index contributed by atoms with van der Waals surface area (Å²) < 4.78 is 47.0. The van der Waals surface area contributed by atoms with E-state index >= 15 is 0 Å².